The van der Waals surface area contributed by atoms with Crippen molar-refractivity contribution < 1.29 is 20.1 Å². The van der Waals surface area contributed by atoms with Gasteiger partial charge in [0.1, 0.15) is 6.10 Å². The van der Waals surface area contributed by atoms with E-state index in [0.29, 0.717) is 5.41 Å². The maximum Gasteiger partial charge on any atom is 0.332 e. The molecule has 4 atom stereocenters. The van der Waals surface area contributed by atoms with Crippen molar-refractivity contribution in [2.75, 3.05) is 0 Å². The molecule has 0 spiro atoms. The summed E-state index contributed by atoms with van der Waals surface area (Å²) in [6.07, 6.45) is 2.34. The number of carboxylic acids is 1. The van der Waals surface area contributed by atoms with Crippen LogP contribution >= 0.6 is 0 Å². The van der Waals surface area contributed by atoms with Crippen LogP contribution in [0.15, 0.2) is 36.4 Å². The van der Waals surface area contributed by atoms with E-state index in [9.17, 15) is 9.90 Å². The number of carbonyl (C=O) groups is 1. The van der Waals surface area contributed by atoms with Crippen molar-refractivity contribution in [1.29, 1.82) is 0 Å². The Kier molecular flexibility index (Phi) is 6.78. The van der Waals surface area contributed by atoms with Crippen molar-refractivity contribution in [2.24, 2.45) is 16.7 Å². The van der Waals surface area contributed by atoms with Crippen LogP contribution in [0, 0.1) is 16.7 Å². The van der Waals surface area contributed by atoms with E-state index >= 15 is 0 Å². The third kappa shape index (κ3) is 4.55. The highest BCUT2D eigenvalue weighted by molar-refractivity contribution is 5.71. The highest BCUT2D eigenvalue weighted by Gasteiger charge is 2.60. The van der Waals surface area contributed by atoms with Gasteiger partial charge >= 0.3 is 5.97 Å². The molecule has 0 aromatic heterocycles. The third-order valence-corrected chi connectivity index (χ3v) is 5.77. The summed E-state index contributed by atoms with van der Waals surface area (Å²) in [5.41, 5.74) is 0.601. The zero-order valence-electron chi connectivity index (χ0n) is 14.6. The minimum absolute atomic E-state index is 0.0313. The van der Waals surface area contributed by atoms with Crippen LogP contribution in [0.5, 0.6) is 0 Å². The molecule has 0 saturated heterocycles. The summed E-state index contributed by atoms with van der Waals surface area (Å²) >= 11 is 0. The van der Waals surface area contributed by atoms with Crippen molar-refractivity contribution in [3.8, 4) is 0 Å². The summed E-state index contributed by atoms with van der Waals surface area (Å²) in [5, 5.41) is 25.6. The van der Waals surface area contributed by atoms with Crippen LogP contribution in [0.1, 0.15) is 47.0 Å². The van der Waals surface area contributed by atoms with Gasteiger partial charge in [0.25, 0.3) is 0 Å². The number of aliphatic carboxylic acids is 1. The van der Waals surface area contributed by atoms with Crippen molar-refractivity contribution in [1.82, 2.24) is 0 Å². The lowest BCUT2D eigenvalue weighted by Crippen LogP contribution is -2.35. The molecular formula is C19H30O4. The predicted molar refractivity (Wildman–Crippen MR) is 91.0 cm³/mol. The van der Waals surface area contributed by atoms with Crippen molar-refractivity contribution in [2.45, 2.75) is 59.2 Å². The lowest BCUT2D eigenvalue weighted by Gasteiger charge is -2.36. The number of aliphatic hydroxyl groups is 2. The first-order valence-corrected chi connectivity index (χ1v) is 8.22. The zero-order valence-corrected chi connectivity index (χ0v) is 14.6. The van der Waals surface area contributed by atoms with Gasteiger partial charge in [0.15, 0.2) is 0 Å². The van der Waals surface area contributed by atoms with Crippen molar-refractivity contribution >= 4 is 5.97 Å². The molecule has 0 radical (unpaired) electrons. The van der Waals surface area contributed by atoms with Crippen LogP contribution in [0.25, 0.3) is 0 Å². The number of rotatable bonds is 1. The first kappa shape index (κ1) is 19.7. The van der Waals surface area contributed by atoms with E-state index in [1.165, 1.54) is 19.8 Å². The first-order valence-electron chi connectivity index (χ1n) is 8.22. The molecule has 130 valence electrons. The minimum atomic E-state index is -1.23. The average molecular weight is 322 g/mol. The molecule has 2 bridgehead atoms. The van der Waals surface area contributed by atoms with Crippen LogP contribution in [0.3, 0.4) is 0 Å². The first-order chi connectivity index (χ1) is 10.6. The molecule has 1 aromatic rings. The largest absolute Gasteiger partial charge is 0.479 e. The molecular weight excluding hydrogens is 292 g/mol. The highest BCUT2D eigenvalue weighted by Crippen LogP contribution is 2.65. The summed E-state index contributed by atoms with van der Waals surface area (Å²) in [5.74, 6) is -0.405. The second-order valence-electron chi connectivity index (χ2n) is 7.30. The topological polar surface area (TPSA) is 77.8 Å². The van der Waals surface area contributed by atoms with E-state index in [1.807, 2.05) is 36.4 Å². The summed E-state index contributed by atoms with van der Waals surface area (Å²) < 4.78 is 0. The highest BCUT2D eigenvalue weighted by atomic mass is 16.4. The van der Waals surface area contributed by atoms with Gasteiger partial charge in [-0.1, -0.05) is 57.2 Å². The van der Waals surface area contributed by atoms with Crippen molar-refractivity contribution in [3.63, 3.8) is 0 Å². The van der Waals surface area contributed by atoms with Gasteiger partial charge in [0, 0.05) is 0 Å². The molecule has 2 fully saturated rings. The molecule has 2 aliphatic carbocycles. The lowest BCUT2D eigenvalue weighted by atomic mass is 9.70. The SMILES string of the molecule is CC(O)C(=O)O.CC1(C)C2CCC1(C)C(O)C2.c1ccccc1. The van der Waals surface area contributed by atoms with Gasteiger partial charge in [-0.25, -0.2) is 4.79 Å². The van der Waals surface area contributed by atoms with Gasteiger partial charge in [-0.15, -0.1) is 0 Å². The molecule has 23 heavy (non-hydrogen) atoms. The fourth-order valence-electron chi connectivity index (χ4n) is 3.55. The van der Waals surface area contributed by atoms with E-state index in [1.54, 1.807) is 0 Å². The molecule has 4 unspecified atom stereocenters. The Bertz CT molecular complexity index is 457. The Morgan fingerprint density at radius 3 is 1.61 bits per heavy atom. The Morgan fingerprint density at radius 1 is 1.09 bits per heavy atom. The third-order valence-electron chi connectivity index (χ3n) is 5.77. The van der Waals surface area contributed by atoms with Crippen LogP contribution in [-0.2, 0) is 4.79 Å². The normalized spacial score (nSPS) is 31.2. The molecule has 4 heteroatoms. The molecule has 0 amide bonds. The molecule has 2 aliphatic rings. The zero-order chi connectivity index (χ0) is 17.7. The number of fused-ring (bicyclic) bond motifs is 2. The fraction of sp³-hybridized carbons (Fsp3) is 0.632. The molecule has 2 saturated carbocycles. The quantitative estimate of drug-likeness (QED) is 0.741. The Morgan fingerprint density at radius 2 is 1.48 bits per heavy atom. The second kappa shape index (κ2) is 7.93. The monoisotopic (exact) mass is 322 g/mol. The summed E-state index contributed by atoms with van der Waals surface area (Å²) in [6, 6.07) is 12.0. The Labute approximate surface area is 139 Å². The van der Waals surface area contributed by atoms with Crippen LogP contribution < -0.4 is 0 Å². The van der Waals surface area contributed by atoms with E-state index < -0.39 is 12.1 Å². The smallest absolute Gasteiger partial charge is 0.332 e. The van der Waals surface area contributed by atoms with E-state index in [2.05, 4.69) is 20.8 Å². The summed E-state index contributed by atoms with van der Waals surface area (Å²) in [4.78, 5) is 9.45. The fourth-order valence-corrected chi connectivity index (χ4v) is 3.55. The standard InChI is InChI=1S/C10H18O.C6H6.C3H6O3/c1-9(2)7-4-5-10(9,3)8(11)6-7;1-2-4-6-5-3-1;1-2(4)3(5)6/h7-8,11H,4-6H2,1-3H3;1-6H;2,4H,1H3,(H,5,6). The number of hydrogen-bond acceptors (Lipinski definition) is 3. The molecule has 0 aliphatic heterocycles. The number of carboxylic acid groups (broad SMARTS) is 1. The average Bonchev–Trinajstić information content (AvgIpc) is 2.83. The Balaban J connectivity index is 0.000000189. The number of aliphatic hydroxyl groups excluding tert-OH is 2. The van der Waals surface area contributed by atoms with Gasteiger partial charge in [-0.3, -0.25) is 0 Å². The molecule has 4 nitrogen and oxygen atoms in total. The van der Waals surface area contributed by atoms with Gasteiger partial charge in [0.2, 0.25) is 0 Å². The van der Waals surface area contributed by atoms with Gasteiger partial charge in [0.05, 0.1) is 6.10 Å². The number of hydrogen-bond donors (Lipinski definition) is 3. The van der Waals surface area contributed by atoms with Gasteiger partial charge in [-0.2, -0.15) is 0 Å². The molecule has 3 rings (SSSR count). The number of benzene rings is 1. The van der Waals surface area contributed by atoms with Crippen LogP contribution in [-0.4, -0.2) is 33.5 Å². The maximum atomic E-state index is 9.81. The molecule has 3 N–H and O–H groups in total. The van der Waals surface area contributed by atoms with E-state index in [4.69, 9.17) is 10.2 Å². The second-order valence-corrected chi connectivity index (χ2v) is 7.30. The lowest BCUT2D eigenvalue weighted by molar-refractivity contribution is -0.145. The van der Waals surface area contributed by atoms with E-state index in [-0.39, 0.29) is 11.5 Å². The van der Waals surface area contributed by atoms with Gasteiger partial charge < -0.3 is 15.3 Å². The summed E-state index contributed by atoms with van der Waals surface area (Å²) in [7, 11) is 0. The Hall–Kier alpha value is -1.39. The van der Waals surface area contributed by atoms with Crippen LogP contribution in [0.4, 0.5) is 0 Å². The van der Waals surface area contributed by atoms with Crippen molar-refractivity contribution in [3.05, 3.63) is 36.4 Å². The molecule has 1 aromatic carbocycles. The van der Waals surface area contributed by atoms with E-state index in [0.717, 1.165) is 12.3 Å². The molecule has 0 heterocycles. The predicted octanol–water partition coefficient (Wildman–Crippen LogP) is 3.33. The summed E-state index contributed by atoms with van der Waals surface area (Å²) in [6.45, 7) is 8.09. The minimum Gasteiger partial charge on any atom is -0.479 e. The van der Waals surface area contributed by atoms with Gasteiger partial charge in [-0.05, 0) is 42.9 Å². The van der Waals surface area contributed by atoms with Crippen LogP contribution in [0.2, 0.25) is 0 Å². The maximum absolute atomic E-state index is 9.81.